The van der Waals surface area contributed by atoms with Gasteiger partial charge in [-0.2, -0.15) is 0 Å². The second-order valence-electron chi connectivity index (χ2n) is 2.72. The van der Waals surface area contributed by atoms with E-state index in [1.165, 1.54) is 23.1 Å². The standard InChI is InChI=1S/C9H8N4S2/c10-8(11)6-3-1-2-4-7(6)15-9-13-12-5-14-9/h1-5H,(H3,10,11). The Morgan fingerprint density at radius 1 is 1.40 bits per heavy atom. The summed E-state index contributed by atoms with van der Waals surface area (Å²) < 4.78 is 0.851. The van der Waals surface area contributed by atoms with Crippen LogP contribution in [-0.4, -0.2) is 16.0 Å². The molecule has 0 atom stereocenters. The van der Waals surface area contributed by atoms with Gasteiger partial charge in [0.25, 0.3) is 0 Å². The fourth-order valence-corrected chi connectivity index (χ4v) is 2.66. The molecule has 0 aliphatic rings. The normalized spacial score (nSPS) is 10.1. The topological polar surface area (TPSA) is 75.7 Å². The predicted molar refractivity (Wildman–Crippen MR) is 61.5 cm³/mol. The highest BCUT2D eigenvalue weighted by atomic mass is 32.2. The molecule has 1 aromatic carbocycles. The second kappa shape index (κ2) is 4.41. The van der Waals surface area contributed by atoms with Crippen LogP contribution in [0.5, 0.6) is 0 Å². The summed E-state index contributed by atoms with van der Waals surface area (Å²) in [5.74, 6) is 0.0719. The van der Waals surface area contributed by atoms with Crippen LogP contribution in [0.1, 0.15) is 5.56 Å². The lowest BCUT2D eigenvalue weighted by atomic mass is 10.2. The Labute approximate surface area is 95.0 Å². The molecule has 6 heteroatoms. The van der Waals surface area contributed by atoms with Gasteiger partial charge in [-0.1, -0.05) is 41.3 Å². The molecule has 4 nitrogen and oxygen atoms in total. The van der Waals surface area contributed by atoms with Crippen molar-refractivity contribution in [3.05, 3.63) is 35.3 Å². The third-order valence-electron chi connectivity index (χ3n) is 1.71. The summed E-state index contributed by atoms with van der Waals surface area (Å²) in [6.45, 7) is 0. The molecule has 0 radical (unpaired) electrons. The summed E-state index contributed by atoms with van der Waals surface area (Å²) in [7, 11) is 0. The zero-order valence-corrected chi connectivity index (χ0v) is 9.31. The SMILES string of the molecule is N=C(N)c1ccccc1Sc1nncs1. The first-order valence-corrected chi connectivity index (χ1v) is 5.84. The van der Waals surface area contributed by atoms with Gasteiger partial charge in [-0.15, -0.1) is 10.2 Å². The van der Waals surface area contributed by atoms with Crippen LogP contribution >= 0.6 is 23.1 Å². The molecule has 2 aromatic rings. The van der Waals surface area contributed by atoms with E-state index in [9.17, 15) is 0 Å². The lowest BCUT2D eigenvalue weighted by Crippen LogP contribution is -2.11. The van der Waals surface area contributed by atoms with Crippen molar-refractivity contribution in [2.45, 2.75) is 9.24 Å². The molecule has 0 spiro atoms. The maximum absolute atomic E-state index is 7.44. The number of nitrogens with two attached hydrogens (primary N) is 1. The number of hydrogen-bond donors (Lipinski definition) is 2. The summed E-state index contributed by atoms with van der Waals surface area (Å²) in [6, 6.07) is 7.52. The molecule has 0 saturated carbocycles. The van der Waals surface area contributed by atoms with Gasteiger partial charge in [0.1, 0.15) is 11.3 Å². The number of nitrogens with zero attached hydrogens (tertiary/aromatic N) is 2. The summed E-state index contributed by atoms with van der Waals surface area (Å²) in [6.07, 6.45) is 0. The zero-order chi connectivity index (χ0) is 10.7. The van der Waals surface area contributed by atoms with E-state index in [1.807, 2.05) is 24.3 Å². The fourth-order valence-electron chi connectivity index (χ4n) is 1.08. The van der Waals surface area contributed by atoms with Crippen molar-refractivity contribution in [2.24, 2.45) is 5.73 Å². The van der Waals surface area contributed by atoms with Crippen molar-refractivity contribution >= 4 is 28.9 Å². The van der Waals surface area contributed by atoms with E-state index in [4.69, 9.17) is 11.1 Å². The third kappa shape index (κ3) is 2.34. The molecular formula is C9H8N4S2. The molecule has 0 aliphatic carbocycles. The van der Waals surface area contributed by atoms with Crippen molar-refractivity contribution < 1.29 is 0 Å². The molecular weight excluding hydrogens is 228 g/mol. The third-order valence-corrected chi connectivity index (χ3v) is 3.57. The van der Waals surface area contributed by atoms with Crippen LogP contribution in [0.2, 0.25) is 0 Å². The van der Waals surface area contributed by atoms with Crippen LogP contribution in [0, 0.1) is 5.41 Å². The van der Waals surface area contributed by atoms with E-state index in [-0.39, 0.29) is 5.84 Å². The minimum absolute atomic E-state index is 0.0719. The first-order chi connectivity index (χ1) is 7.27. The van der Waals surface area contributed by atoms with Gasteiger partial charge in [0.15, 0.2) is 4.34 Å². The van der Waals surface area contributed by atoms with Gasteiger partial charge in [-0.25, -0.2) is 0 Å². The van der Waals surface area contributed by atoms with Gasteiger partial charge in [0.05, 0.1) is 0 Å². The first kappa shape index (κ1) is 10.1. The minimum Gasteiger partial charge on any atom is -0.384 e. The predicted octanol–water partition coefficient (Wildman–Crippen LogP) is 1.97. The van der Waals surface area contributed by atoms with Gasteiger partial charge in [0, 0.05) is 10.5 Å². The van der Waals surface area contributed by atoms with Crippen LogP contribution in [-0.2, 0) is 0 Å². The smallest absolute Gasteiger partial charge is 0.178 e. The van der Waals surface area contributed by atoms with Gasteiger partial charge >= 0.3 is 0 Å². The molecule has 76 valence electrons. The number of amidine groups is 1. The van der Waals surface area contributed by atoms with Crippen molar-refractivity contribution in [1.82, 2.24) is 10.2 Å². The van der Waals surface area contributed by atoms with Gasteiger partial charge in [0.2, 0.25) is 0 Å². The molecule has 1 heterocycles. The van der Waals surface area contributed by atoms with Crippen molar-refractivity contribution in [1.29, 1.82) is 5.41 Å². The van der Waals surface area contributed by atoms with E-state index in [0.717, 1.165) is 14.8 Å². The zero-order valence-electron chi connectivity index (χ0n) is 7.68. The summed E-state index contributed by atoms with van der Waals surface area (Å²) >= 11 is 2.94. The van der Waals surface area contributed by atoms with Gasteiger partial charge in [-0.05, 0) is 6.07 Å². The van der Waals surface area contributed by atoms with E-state index in [2.05, 4.69) is 10.2 Å². The lowest BCUT2D eigenvalue weighted by Gasteiger charge is -2.04. The Balaban J connectivity index is 2.32. The largest absolute Gasteiger partial charge is 0.384 e. The van der Waals surface area contributed by atoms with Crippen molar-refractivity contribution in [3.63, 3.8) is 0 Å². The molecule has 15 heavy (non-hydrogen) atoms. The first-order valence-electron chi connectivity index (χ1n) is 4.15. The Hall–Kier alpha value is -1.40. The molecule has 0 fully saturated rings. The van der Waals surface area contributed by atoms with Crippen LogP contribution in [0.4, 0.5) is 0 Å². The number of nitrogen functional groups attached to an aromatic ring is 1. The molecule has 0 bridgehead atoms. The molecule has 2 rings (SSSR count). The highest BCUT2D eigenvalue weighted by Crippen LogP contribution is 2.30. The minimum atomic E-state index is 0.0719. The monoisotopic (exact) mass is 236 g/mol. The van der Waals surface area contributed by atoms with E-state index in [0.29, 0.717) is 0 Å². The average molecular weight is 236 g/mol. The number of aromatic nitrogens is 2. The molecule has 0 unspecified atom stereocenters. The fraction of sp³-hybridized carbons (Fsp3) is 0. The number of nitrogens with one attached hydrogen (secondary N) is 1. The summed E-state index contributed by atoms with van der Waals surface area (Å²) in [5.41, 5.74) is 7.89. The van der Waals surface area contributed by atoms with Crippen LogP contribution in [0.3, 0.4) is 0 Å². The average Bonchev–Trinajstić information content (AvgIpc) is 2.71. The van der Waals surface area contributed by atoms with Crippen LogP contribution < -0.4 is 5.73 Å². The van der Waals surface area contributed by atoms with Gasteiger partial charge in [-0.3, -0.25) is 5.41 Å². The lowest BCUT2D eigenvalue weighted by molar-refractivity contribution is 1.01. The maximum atomic E-state index is 7.44. The summed E-state index contributed by atoms with van der Waals surface area (Å²) in [5, 5.41) is 15.1. The van der Waals surface area contributed by atoms with Crippen LogP contribution in [0.15, 0.2) is 39.0 Å². The maximum Gasteiger partial charge on any atom is 0.178 e. The van der Waals surface area contributed by atoms with E-state index >= 15 is 0 Å². The molecule has 0 saturated heterocycles. The Morgan fingerprint density at radius 2 is 2.20 bits per heavy atom. The Bertz CT molecular complexity index is 467. The molecule has 0 amide bonds. The molecule has 1 aromatic heterocycles. The Morgan fingerprint density at radius 3 is 2.87 bits per heavy atom. The Kier molecular flexibility index (Phi) is 2.98. The number of rotatable bonds is 3. The number of hydrogen-bond acceptors (Lipinski definition) is 5. The highest BCUT2D eigenvalue weighted by molar-refractivity contribution is 8.01. The van der Waals surface area contributed by atoms with E-state index < -0.39 is 0 Å². The molecule has 0 aliphatic heterocycles. The van der Waals surface area contributed by atoms with Crippen molar-refractivity contribution in [2.75, 3.05) is 0 Å². The van der Waals surface area contributed by atoms with Crippen LogP contribution in [0.25, 0.3) is 0 Å². The quantitative estimate of drug-likeness (QED) is 0.631. The highest BCUT2D eigenvalue weighted by Gasteiger charge is 2.07. The summed E-state index contributed by atoms with van der Waals surface area (Å²) in [4.78, 5) is 0.932. The van der Waals surface area contributed by atoms with Crippen molar-refractivity contribution in [3.8, 4) is 0 Å². The molecule has 3 N–H and O–H groups in total. The second-order valence-corrected chi connectivity index (χ2v) is 4.84. The van der Waals surface area contributed by atoms with Gasteiger partial charge < -0.3 is 5.73 Å². The number of benzene rings is 1. The van der Waals surface area contributed by atoms with E-state index in [1.54, 1.807) is 5.51 Å².